The van der Waals surface area contributed by atoms with E-state index < -0.39 is 10.0 Å². The van der Waals surface area contributed by atoms with E-state index in [4.69, 9.17) is 0 Å². The average molecular weight is 361 g/mol. The van der Waals surface area contributed by atoms with Crippen molar-refractivity contribution in [3.05, 3.63) is 12.0 Å². The van der Waals surface area contributed by atoms with Gasteiger partial charge in [0.2, 0.25) is 0 Å². The number of fused-ring (bicyclic) bond motifs is 1. The fraction of sp³-hybridized carbons (Fsp3) is 0.800. The van der Waals surface area contributed by atoms with Crippen molar-refractivity contribution in [1.29, 1.82) is 0 Å². The van der Waals surface area contributed by atoms with E-state index in [0.29, 0.717) is 24.2 Å². The molecule has 2 aliphatic heterocycles. The fourth-order valence-corrected chi connectivity index (χ4v) is 5.14. The van der Waals surface area contributed by atoms with Gasteiger partial charge in [-0.25, -0.2) is 13.4 Å². The molecule has 3 heterocycles. The Morgan fingerprint density at radius 2 is 1.91 bits per heavy atom. The number of sulfonamides is 1. The van der Waals surface area contributed by atoms with Crippen LogP contribution in [-0.4, -0.2) is 48.0 Å². The van der Waals surface area contributed by atoms with Crippen molar-refractivity contribution < 1.29 is 8.42 Å². The van der Waals surface area contributed by atoms with Crippen molar-refractivity contribution >= 4 is 22.4 Å². The summed E-state index contributed by atoms with van der Waals surface area (Å²) < 4.78 is 29.2. The summed E-state index contributed by atoms with van der Waals surface area (Å²) in [4.78, 5) is 4.27. The minimum Gasteiger partial charge on any atom is -0.318 e. The molecule has 3 aliphatic rings. The largest absolute Gasteiger partial charge is 0.318 e. The quantitative estimate of drug-likeness (QED) is 0.862. The molecule has 2 fully saturated rings. The molecule has 1 aromatic rings. The number of hydrogen-bond donors (Lipinski definition) is 1. The lowest BCUT2D eigenvalue weighted by molar-refractivity contribution is 0.286. The summed E-state index contributed by atoms with van der Waals surface area (Å²) in [5.74, 6) is 1.79. The van der Waals surface area contributed by atoms with E-state index in [2.05, 4.69) is 10.3 Å². The number of aryl methyl sites for hydroxylation is 1. The zero-order chi connectivity index (χ0) is 15.2. The lowest BCUT2D eigenvalue weighted by Crippen LogP contribution is -2.45. The molecule has 4 rings (SSSR count). The van der Waals surface area contributed by atoms with E-state index in [0.717, 1.165) is 50.5 Å². The number of halogens is 1. The van der Waals surface area contributed by atoms with E-state index >= 15 is 0 Å². The van der Waals surface area contributed by atoms with Gasteiger partial charge >= 0.3 is 0 Å². The van der Waals surface area contributed by atoms with Crippen molar-refractivity contribution in [2.24, 2.45) is 5.92 Å². The first-order valence-electron chi connectivity index (χ1n) is 8.42. The second-order valence-corrected chi connectivity index (χ2v) is 8.68. The number of nitrogens with zero attached hydrogens (tertiary/aromatic N) is 3. The second-order valence-electron chi connectivity index (χ2n) is 6.80. The topological polar surface area (TPSA) is 67.2 Å². The Hall–Kier alpha value is -0.630. The SMILES string of the molecule is Cl.O=S(=O)(c1cnc2n1CCC2)N1CCC(NCC2CC2)CC1. The van der Waals surface area contributed by atoms with Gasteiger partial charge in [-0.05, 0) is 44.6 Å². The van der Waals surface area contributed by atoms with Crippen LogP contribution in [0, 0.1) is 5.92 Å². The van der Waals surface area contributed by atoms with Crippen molar-refractivity contribution in [2.75, 3.05) is 19.6 Å². The van der Waals surface area contributed by atoms with Crippen LogP contribution in [0.2, 0.25) is 0 Å². The molecule has 0 amide bonds. The molecule has 6 nitrogen and oxygen atoms in total. The van der Waals surface area contributed by atoms with Gasteiger partial charge in [-0.2, -0.15) is 4.31 Å². The van der Waals surface area contributed by atoms with Gasteiger partial charge in [0.1, 0.15) is 5.82 Å². The van der Waals surface area contributed by atoms with Gasteiger partial charge in [0.05, 0.1) is 6.20 Å². The maximum absolute atomic E-state index is 12.8. The normalized spacial score (nSPS) is 22.8. The first kappa shape index (κ1) is 17.2. The molecule has 1 N–H and O–H groups in total. The van der Waals surface area contributed by atoms with Crippen molar-refractivity contribution in [2.45, 2.75) is 56.1 Å². The van der Waals surface area contributed by atoms with Crippen LogP contribution in [0.5, 0.6) is 0 Å². The predicted octanol–water partition coefficient (Wildman–Crippen LogP) is 1.40. The summed E-state index contributed by atoms with van der Waals surface area (Å²) in [5, 5.41) is 3.99. The molecule has 1 aromatic heterocycles. The number of hydrogen-bond acceptors (Lipinski definition) is 4. The molecule has 130 valence electrons. The number of imidazole rings is 1. The first-order valence-corrected chi connectivity index (χ1v) is 9.86. The number of piperidine rings is 1. The van der Waals surface area contributed by atoms with Crippen LogP contribution in [-0.2, 0) is 23.0 Å². The molecule has 0 spiro atoms. The van der Waals surface area contributed by atoms with Gasteiger partial charge in [-0.3, -0.25) is 0 Å². The minimum atomic E-state index is -3.38. The summed E-state index contributed by atoms with van der Waals surface area (Å²) in [6, 6.07) is 0.475. The van der Waals surface area contributed by atoms with E-state index in [-0.39, 0.29) is 12.4 Å². The Labute approximate surface area is 144 Å². The molecular weight excluding hydrogens is 336 g/mol. The summed E-state index contributed by atoms with van der Waals surface area (Å²) >= 11 is 0. The van der Waals surface area contributed by atoms with Crippen LogP contribution in [0.25, 0.3) is 0 Å². The van der Waals surface area contributed by atoms with Gasteiger partial charge in [-0.1, -0.05) is 0 Å². The maximum Gasteiger partial charge on any atom is 0.260 e. The summed E-state index contributed by atoms with van der Waals surface area (Å²) in [6.07, 6.45) is 7.96. The number of aromatic nitrogens is 2. The first-order chi connectivity index (χ1) is 10.6. The molecule has 8 heteroatoms. The summed E-state index contributed by atoms with van der Waals surface area (Å²) in [5.41, 5.74) is 0. The van der Waals surface area contributed by atoms with E-state index in [9.17, 15) is 8.42 Å². The van der Waals surface area contributed by atoms with E-state index in [1.165, 1.54) is 12.8 Å². The molecule has 0 unspecified atom stereocenters. The zero-order valence-electron chi connectivity index (χ0n) is 13.3. The minimum absolute atomic E-state index is 0. The third-order valence-corrected chi connectivity index (χ3v) is 7.03. The summed E-state index contributed by atoms with van der Waals surface area (Å²) in [7, 11) is -3.38. The molecule has 0 aromatic carbocycles. The van der Waals surface area contributed by atoms with Crippen LogP contribution in [0.15, 0.2) is 11.2 Å². The zero-order valence-corrected chi connectivity index (χ0v) is 14.9. The second kappa shape index (κ2) is 6.70. The van der Waals surface area contributed by atoms with Crippen LogP contribution in [0.1, 0.15) is 37.9 Å². The Bertz CT molecular complexity index is 648. The highest BCUT2D eigenvalue weighted by molar-refractivity contribution is 7.89. The fourth-order valence-electron chi connectivity index (χ4n) is 3.52. The van der Waals surface area contributed by atoms with Crippen LogP contribution < -0.4 is 5.32 Å². The Kier molecular flexibility index (Phi) is 5.01. The predicted molar refractivity (Wildman–Crippen MR) is 90.3 cm³/mol. The van der Waals surface area contributed by atoms with Crippen molar-refractivity contribution in [3.8, 4) is 0 Å². The van der Waals surface area contributed by atoms with E-state index in [1.807, 2.05) is 4.57 Å². The third-order valence-electron chi connectivity index (χ3n) is 5.13. The smallest absolute Gasteiger partial charge is 0.260 e. The van der Waals surface area contributed by atoms with Gasteiger partial charge in [-0.15, -0.1) is 12.4 Å². The number of rotatable bonds is 5. The molecule has 0 radical (unpaired) electrons. The molecule has 23 heavy (non-hydrogen) atoms. The highest BCUT2D eigenvalue weighted by atomic mass is 35.5. The van der Waals surface area contributed by atoms with Gasteiger partial charge in [0.25, 0.3) is 10.0 Å². The Balaban J connectivity index is 0.00000156. The lowest BCUT2D eigenvalue weighted by atomic mass is 10.1. The van der Waals surface area contributed by atoms with Gasteiger partial charge < -0.3 is 9.88 Å². The maximum atomic E-state index is 12.8. The van der Waals surface area contributed by atoms with Crippen LogP contribution >= 0.6 is 12.4 Å². The monoisotopic (exact) mass is 360 g/mol. The molecule has 0 atom stereocenters. The highest BCUT2D eigenvalue weighted by Gasteiger charge is 2.33. The molecular formula is C15H25ClN4O2S. The average Bonchev–Trinajstić information content (AvgIpc) is 3.06. The molecule has 0 bridgehead atoms. The molecule has 1 aliphatic carbocycles. The van der Waals surface area contributed by atoms with Crippen LogP contribution in [0.3, 0.4) is 0 Å². The molecule has 1 saturated carbocycles. The van der Waals surface area contributed by atoms with Gasteiger partial charge in [0, 0.05) is 32.1 Å². The van der Waals surface area contributed by atoms with E-state index in [1.54, 1.807) is 10.5 Å². The summed E-state index contributed by atoms with van der Waals surface area (Å²) in [6.45, 7) is 3.12. The van der Waals surface area contributed by atoms with Crippen molar-refractivity contribution in [3.63, 3.8) is 0 Å². The van der Waals surface area contributed by atoms with Gasteiger partial charge in [0.15, 0.2) is 5.03 Å². The Morgan fingerprint density at radius 1 is 1.17 bits per heavy atom. The third kappa shape index (κ3) is 3.43. The highest BCUT2D eigenvalue weighted by Crippen LogP contribution is 2.29. The molecule has 1 saturated heterocycles. The van der Waals surface area contributed by atoms with Crippen LogP contribution in [0.4, 0.5) is 0 Å². The lowest BCUT2D eigenvalue weighted by Gasteiger charge is -2.31. The Morgan fingerprint density at radius 3 is 2.61 bits per heavy atom. The standard InChI is InChI=1S/C15H24N4O2S.ClH/c20-22(21,15-11-17-14-2-1-7-19(14)15)18-8-5-13(6-9-18)16-10-12-3-4-12;/h11-13,16H,1-10H2;1H. The van der Waals surface area contributed by atoms with Crippen molar-refractivity contribution in [1.82, 2.24) is 19.2 Å². The number of nitrogens with one attached hydrogen (secondary N) is 1.